The van der Waals surface area contributed by atoms with E-state index in [2.05, 4.69) is 27.7 Å². The Morgan fingerprint density at radius 1 is 0.846 bits per heavy atom. The summed E-state index contributed by atoms with van der Waals surface area (Å²) in [6, 6.07) is 0. The first-order valence-electron chi connectivity index (χ1n) is 5.65. The predicted molar refractivity (Wildman–Crippen MR) is 57.6 cm³/mol. The first-order valence-corrected chi connectivity index (χ1v) is 5.65. The third-order valence-electron chi connectivity index (χ3n) is 2.88. The maximum absolute atomic E-state index is 11.8. The fourth-order valence-electron chi connectivity index (χ4n) is 2.09. The molecule has 13 heavy (non-hydrogen) atoms. The molecule has 0 aliphatic rings. The van der Waals surface area contributed by atoms with Gasteiger partial charge in [0.2, 0.25) is 0 Å². The van der Waals surface area contributed by atoms with E-state index >= 15 is 0 Å². The van der Waals surface area contributed by atoms with E-state index in [1.807, 2.05) is 0 Å². The Kier molecular flexibility index (Phi) is 7.31. The molecule has 0 heterocycles. The first-order chi connectivity index (χ1) is 6.09. The molecule has 0 aromatic carbocycles. The first kappa shape index (κ1) is 12.9. The van der Waals surface area contributed by atoms with Crippen LogP contribution in [0, 0.1) is 17.8 Å². The minimum Gasteiger partial charge on any atom is -0.251 e. The lowest BCUT2D eigenvalue weighted by Gasteiger charge is -2.24. The van der Waals surface area contributed by atoms with E-state index < -0.39 is 0 Å². The van der Waals surface area contributed by atoms with Crippen LogP contribution in [0.5, 0.6) is 0 Å². The summed E-state index contributed by atoms with van der Waals surface area (Å²) < 4.78 is 11.8. The Labute approximate surface area is 82.9 Å². The van der Waals surface area contributed by atoms with Crippen molar-refractivity contribution in [2.24, 2.45) is 17.8 Å². The number of halogens is 1. The number of unbranched alkanes of at least 4 members (excludes halogenated alkanes) is 2. The summed E-state index contributed by atoms with van der Waals surface area (Å²) in [6.45, 7) is 9.02. The molecule has 0 atom stereocenters. The van der Waals surface area contributed by atoms with Crippen molar-refractivity contribution in [2.75, 3.05) is 6.67 Å². The molecule has 0 saturated carbocycles. The Bertz CT molecular complexity index is 99.7. The standard InChI is InChI=1S/C12H25F/c1-10(2)12(11(3)4)8-6-5-7-9-13/h10-12H,5-9H2,1-4H3. The van der Waals surface area contributed by atoms with Crippen molar-refractivity contribution in [3.8, 4) is 0 Å². The quantitative estimate of drug-likeness (QED) is 0.518. The van der Waals surface area contributed by atoms with E-state index in [-0.39, 0.29) is 6.67 Å². The lowest BCUT2D eigenvalue weighted by molar-refractivity contribution is 0.260. The highest BCUT2D eigenvalue weighted by atomic mass is 19.1. The largest absolute Gasteiger partial charge is 0.251 e. The molecule has 0 aliphatic carbocycles. The van der Waals surface area contributed by atoms with E-state index in [4.69, 9.17) is 0 Å². The zero-order valence-corrected chi connectivity index (χ0v) is 9.65. The van der Waals surface area contributed by atoms with Gasteiger partial charge in [0.15, 0.2) is 0 Å². The average Bonchev–Trinajstić information content (AvgIpc) is 2.02. The van der Waals surface area contributed by atoms with Gasteiger partial charge in [-0.05, 0) is 30.6 Å². The molecule has 0 unspecified atom stereocenters. The Balaban J connectivity index is 3.58. The van der Waals surface area contributed by atoms with Crippen molar-refractivity contribution in [3.63, 3.8) is 0 Å². The molecule has 0 amide bonds. The summed E-state index contributed by atoms with van der Waals surface area (Å²) in [5.74, 6) is 2.36. The second-order valence-corrected chi connectivity index (χ2v) is 4.69. The molecular formula is C12H25F. The summed E-state index contributed by atoms with van der Waals surface area (Å²) in [4.78, 5) is 0. The number of hydrogen-bond donors (Lipinski definition) is 0. The van der Waals surface area contributed by atoms with Crippen molar-refractivity contribution in [1.29, 1.82) is 0 Å². The van der Waals surface area contributed by atoms with Crippen LogP contribution in [0.25, 0.3) is 0 Å². The molecule has 0 rings (SSSR count). The minimum absolute atomic E-state index is 0.145. The molecule has 0 aromatic heterocycles. The maximum atomic E-state index is 11.8. The van der Waals surface area contributed by atoms with Gasteiger partial charge in [-0.15, -0.1) is 0 Å². The van der Waals surface area contributed by atoms with Crippen LogP contribution in [0.4, 0.5) is 4.39 Å². The van der Waals surface area contributed by atoms with Crippen molar-refractivity contribution in [1.82, 2.24) is 0 Å². The predicted octanol–water partition coefficient (Wildman–Crippen LogP) is 4.44. The zero-order chi connectivity index (χ0) is 10.3. The fourth-order valence-corrected chi connectivity index (χ4v) is 2.09. The second-order valence-electron chi connectivity index (χ2n) is 4.69. The van der Waals surface area contributed by atoms with Crippen LogP contribution < -0.4 is 0 Å². The van der Waals surface area contributed by atoms with Crippen LogP contribution in [0.1, 0.15) is 53.4 Å². The van der Waals surface area contributed by atoms with Crippen molar-refractivity contribution >= 4 is 0 Å². The number of rotatable bonds is 7. The van der Waals surface area contributed by atoms with Crippen LogP contribution in [0.3, 0.4) is 0 Å². The highest BCUT2D eigenvalue weighted by Crippen LogP contribution is 2.26. The van der Waals surface area contributed by atoms with Gasteiger partial charge in [-0.25, -0.2) is 0 Å². The van der Waals surface area contributed by atoms with Gasteiger partial charge in [0.1, 0.15) is 0 Å². The van der Waals surface area contributed by atoms with Crippen LogP contribution in [-0.2, 0) is 0 Å². The zero-order valence-electron chi connectivity index (χ0n) is 9.65. The molecule has 80 valence electrons. The third-order valence-corrected chi connectivity index (χ3v) is 2.88. The summed E-state index contributed by atoms with van der Waals surface area (Å²) in [6.07, 6.45) is 4.29. The average molecular weight is 188 g/mol. The molecule has 0 bridgehead atoms. The van der Waals surface area contributed by atoms with Crippen LogP contribution in [-0.4, -0.2) is 6.67 Å². The molecule has 0 spiro atoms. The maximum Gasteiger partial charge on any atom is 0.0894 e. The highest BCUT2D eigenvalue weighted by Gasteiger charge is 2.16. The smallest absolute Gasteiger partial charge is 0.0894 e. The Morgan fingerprint density at radius 2 is 1.38 bits per heavy atom. The summed E-state index contributed by atoms with van der Waals surface area (Å²) >= 11 is 0. The van der Waals surface area contributed by atoms with Gasteiger partial charge in [-0.3, -0.25) is 4.39 Å². The molecule has 0 fully saturated rings. The topological polar surface area (TPSA) is 0 Å². The molecule has 0 aliphatic heterocycles. The molecular weight excluding hydrogens is 163 g/mol. The number of hydrogen-bond acceptors (Lipinski definition) is 0. The van der Waals surface area contributed by atoms with Gasteiger partial charge in [0.05, 0.1) is 6.67 Å². The minimum atomic E-state index is -0.145. The fraction of sp³-hybridized carbons (Fsp3) is 1.00. The third kappa shape index (κ3) is 6.06. The highest BCUT2D eigenvalue weighted by molar-refractivity contribution is 4.66. The van der Waals surface area contributed by atoms with Crippen LogP contribution in [0.2, 0.25) is 0 Å². The van der Waals surface area contributed by atoms with E-state index in [1.165, 1.54) is 12.8 Å². The summed E-state index contributed by atoms with van der Waals surface area (Å²) in [5.41, 5.74) is 0. The van der Waals surface area contributed by atoms with Crippen LogP contribution in [0.15, 0.2) is 0 Å². The summed E-state index contributed by atoms with van der Waals surface area (Å²) in [5, 5.41) is 0. The van der Waals surface area contributed by atoms with Crippen molar-refractivity contribution in [2.45, 2.75) is 53.4 Å². The van der Waals surface area contributed by atoms with Gasteiger partial charge < -0.3 is 0 Å². The van der Waals surface area contributed by atoms with E-state index in [1.54, 1.807) is 0 Å². The normalized spacial score (nSPS) is 12.0. The summed E-state index contributed by atoms with van der Waals surface area (Å²) in [7, 11) is 0. The monoisotopic (exact) mass is 188 g/mol. The molecule has 0 saturated heterocycles. The van der Waals surface area contributed by atoms with Crippen molar-refractivity contribution < 1.29 is 4.39 Å². The number of alkyl halides is 1. The molecule has 1 heteroatoms. The molecule has 0 radical (unpaired) electrons. The second kappa shape index (κ2) is 7.34. The van der Waals surface area contributed by atoms with E-state index in [0.717, 1.165) is 30.6 Å². The van der Waals surface area contributed by atoms with Crippen LogP contribution >= 0.6 is 0 Å². The van der Waals surface area contributed by atoms with E-state index in [9.17, 15) is 4.39 Å². The van der Waals surface area contributed by atoms with Gasteiger partial charge in [-0.1, -0.05) is 40.5 Å². The molecule has 0 nitrogen and oxygen atoms in total. The Morgan fingerprint density at radius 3 is 1.77 bits per heavy atom. The lowest BCUT2D eigenvalue weighted by atomic mass is 9.82. The van der Waals surface area contributed by atoms with Gasteiger partial charge in [0.25, 0.3) is 0 Å². The molecule has 0 aromatic rings. The SMILES string of the molecule is CC(C)C(CCCCCF)C(C)C. The van der Waals surface area contributed by atoms with Gasteiger partial charge >= 0.3 is 0 Å². The van der Waals surface area contributed by atoms with Gasteiger partial charge in [-0.2, -0.15) is 0 Å². The Hall–Kier alpha value is -0.0700. The molecule has 0 N–H and O–H groups in total. The lowest BCUT2D eigenvalue weighted by Crippen LogP contribution is -2.15. The van der Waals surface area contributed by atoms with Crippen molar-refractivity contribution in [3.05, 3.63) is 0 Å². The van der Waals surface area contributed by atoms with Gasteiger partial charge in [0, 0.05) is 0 Å². The van der Waals surface area contributed by atoms with E-state index in [0.29, 0.717) is 0 Å².